The van der Waals surface area contributed by atoms with E-state index in [2.05, 4.69) is 45.7 Å². The van der Waals surface area contributed by atoms with Crippen molar-refractivity contribution in [3.8, 4) is 0 Å². The van der Waals surface area contributed by atoms with Crippen molar-refractivity contribution in [1.29, 1.82) is 0 Å². The third kappa shape index (κ3) is 5.13. The number of sulfonamides is 1. The number of rotatable bonds is 7. The van der Waals surface area contributed by atoms with Gasteiger partial charge in [-0.3, -0.25) is 4.72 Å². The summed E-state index contributed by atoms with van der Waals surface area (Å²) in [5, 5.41) is 1.04. The van der Waals surface area contributed by atoms with Crippen LogP contribution >= 0.6 is 0 Å². The van der Waals surface area contributed by atoms with Crippen molar-refractivity contribution in [2.45, 2.75) is 11.8 Å². The molecule has 0 aliphatic rings. The molecule has 4 nitrogen and oxygen atoms in total. The number of benzene rings is 4. The summed E-state index contributed by atoms with van der Waals surface area (Å²) in [6.45, 7) is 1.93. The topological polar surface area (TPSA) is 51.1 Å². The number of para-hydroxylation sites is 1. The molecule has 0 bridgehead atoms. The highest BCUT2D eigenvalue weighted by atomic mass is 32.2. The molecular weight excluding hydrogens is 476 g/mol. The minimum Gasteiger partial charge on any atom is -0.344 e. The van der Waals surface area contributed by atoms with Gasteiger partial charge >= 0.3 is 0 Å². The number of hydrogen-bond donors (Lipinski definition) is 1. The average molecular weight is 505 g/mol. The summed E-state index contributed by atoms with van der Waals surface area (Å²) in [5.41, 5.74) is 6.81. The first-order chi connectivity index (χ1) is 17.9. The van der Waals surface area contributed by atoms with Crippen molar-refractivity contribution in [3.05, 3.63) is 143 Å². The highest BCUT2D eigenvalue weighted by Gasteiger charge is 2.20. The molecule has 0 spiro atoms. The molecule has 5 aromatic rings. The number of nitrogens with zero attached hydrogens (tertiary/aromatic N) is 1. The maximum atomic E-state index is 13.2. The van der Waals surface area contributed by atoms with Crippen LogP contribution in [0.2, 0.25) is 0 Å². The van der Waals surface area contributed by atoms with E-state index in [-0.39, 0.29) is 4.90 Å². The number of fused-ring (bicyclic) bond motifs is 1. The standard InChI is InChI=1S/C32H28N2O2S/c1-24-17-20-27(21-18-24)37(35,36)33-23-29(26-13-7-4-8-14-26)32-28-15-9-10-16-30(28)34(2)31(32)22-19-25-11-5-3-6-12-25/h3-23,33H,1-2H3/b22-19+,29-23?. The predicted octanol–water partition coefficient (Wildman–Crippen LogP) is 7.02. The lowest BCUT2D eigenvalue weighted by atomic mass is 9.95. The van der Waals surface area contributed by atoms with Gasteiger partial charge in [-0.25, -0.2) is 8.42 Å². The molecule has 1 N–H and O–H groups in total. The van der Waals surface area contributed by atoms with Gasteiger partial charge in [0.1, 0.15) is 0 Å². The Bertz CT molecular complexity index is 1700. The molecule has 4 aromatic carbocycles. The molecule has 5 heteroatoms. The third-order valence-corrected chi connectivity index (χ3v) is 7.75. The highest BCUT2D eigenvalue weighted by molar-refractivity contribution is 7.89. The van der Waals surface area contributed by atoms with Gasteiger partial charge in [0.05, 0.1) is 4.90 Å². The molecule has 0 amide bonds. The van der Waals surface area contributed by atoms with Gasteiger partial charge in [-0.2, -0.15) is 0 Å². The molecule has 1 aromatic heterocycles. The lowest BCUT2D eigenvalue weighted by Crippen LogP contribution is -2.18. The minimum atomic E-state index is -3.75. The number of aryl methyl sites for hydroxylation is 2. The van der Waals surface area contributed by atoms with Crippen molar-refractivity contribution < 1.29 is 8.42 Å². The van der Waals surface area contributed by atoms with Crippen LogP contribution in [0.3, 0.4) is 0 Å². The molecule has 5 rings (SSSR count). The monoisotopic (exact) mass is 504 g/mol. The lowest BCUT2D eigenvalue weighted by molar-refractivity contribution is 0.590. The Hall–Kier alpha value is -4.35. The van der Waals surface area contributed by atoms with Gasteiger partial charge in [-0.15, -0.1) is 0 Å². The van der Waals surface area contributed by atoms with E-state index in [9.17, 15) is 8.42 Å². The lowest BCUT2D eigenvalue weighted by Gasteiger charge is -2.12. The van der Waals surface area contributed by atoms with E-state index in [1.54, 1.807) is 30.5 Å². The molecule has 1 heterocycles. The maximum Gasteiger partial charge on any atom is 0.261 e. The zero-order valence-corrected chi connectivity index (χ0v) is 21.6. The Labute approximate surface area is 218 Å². The molecule has 0 atom stereocenters. The van der Waals surface area contributed by atoms with Gasteiger partial charge in [-0.05, 0) is 42.3 Å². The molecule has 0 fully saturated rings. The second kappa shape index (κ2) is 10.3. The van der Waals surface area contributed by atoms with E-state index in [0.29, 0.717) is 0 Å². The zero-order valence-electron chi connectivity index (χ0n) is 20.8. The van der Waals surface area contributed by atoms with Crippen LogP contribution in [-0.4, -0.2) is 13.0 Å². The average Bonchev–Trinajstić information content (AvgIpc) is 3.20. The fourth-order valence-corrected chi connectivity index (χ4v) is 5.37. The predicted molar refractivity (Wildman–Crippen MR) is 153 cm³/mol. The summed E-state index contributed by atoms with van der Waals surface area (Å²) in [4.78, 5) is 0.226. The molecule has 184 valence electrons. The number of aromatic nitrogens is 1. The Morgan fingerprint density at radius 2 is 1.38 bits per heavy atom. The number of hydrogen-bond acceptors (Lipinski definition) is 2. The first-order valence-electron chi connectivity index (χ1n) is 12.1. The van der Waals surface area contributed by atoms with Crippen LogP contribution in [0.4, 0.5) is 0 Å². The van der Waals surface area contributed by atoms with Gasteiger partial charge in [0.25, 0.3) is 10.0 Å². The van der Waals surface area contributed by atoms with Crippen LogP contribution in [0.5, 0.6) is 0 Å². The Balaban J connectivity index is 1.69. The first kappa shape index (κ1) is 24.3. The van der Waals surface area contributed by atoms with Gasteiger partial charge in [0.15, 0.2) is 0 Å². The van der Waals surface area contributed by atoms with Crippen molar-refractivity contribution >= 4 is 38.7 Å². The van der Waals surface area contributed by atoms with E-state index in [0.717, 1.165) is 44.4 Å². The molecular formula is C32H28N2O2S. The largest absolute Gasteiger partial charge is 0.344 e. The molecule has 0 aliphatic heterocycles. The summed E-state index contributed by atoms with van der Waals surface area (Å²) in [6.07, 6.45) is 5.79. The van der Waals surface area contributed by atoms with Crippen LogP contribution in [0, 0.1) is 6.92 Å². The zero-order chi connectivity index (χ0) is 25.8. The van der Waals surface area contributed by atoms with E-state index in [4.69, 9.17) is 0 Å². The van der Waals surface area contributed by atoms with Crippen LogP contribution in [0.15, 0.2) is 120 Å². The smallest absolute Gasteiger partial charge is 0.261 e. The summed E-state index contributed by atoms with van der Waals surface area (Å²) < 4.78 is 31.3. The van der Waals surface area contributed by atoms with Crippen LogP contribution in [0.25, 0.3) is 28.6 Å². The normalized spacial score (nSPS) is 12.3. The van der Waals surface area contributed by atoms with Gasteiger partial charge in [0, 0.05) is 41.0 Å². The van der Waals surface area contributed by atoms with Gasteiger partial charge in [0.2, 0.25) is 0 Å². The van der Waals surface area contributed by atoms with Crippen molar-refractivity contribution in [3.63, 3.8) is 0 Å². The molecule has 0 radical (unpaired) electrons. The Morgan fingerprint density at radius 3 is 2.08 bits per heavy atom. The second-order valence-corrected chi connectivity index (χ2v) is 10.7. The third-order valence-electron chi connectivity index (χ3n) is 6.43. The maximum absolute atomic E-state index is 13.2. The quantitative estimate of drug-likeness (QED) is 0.259. The van der Waals surface area contributed by atoms with E-state index in [1.165, 1.54) is 0 Å². The summed E-state index contributed by atoms with van der Waals surface area (Å²) >= 11 is 0. The van der Waals surface area contributed by atoms with Gasteiger partial charge < -0.3 is 4.57 Å². The fourth-order valence-electron chi connectivity index (χ4n) is 4.47. The SMILES string of the molecule is Cc1ccc(S(=O)(=O)NC=C(c2ccccc2)c2c(/C=C/c3ccccc3)n(C)c3ccccc23)cc1. The van der Waals surface area contributed by atoms with E-state index >= 15 is 0 Å². The Morgan fingerprint density at radius 1 is 0.757 bits per heavy atom. The fraction of sp³-hybridized carbons (Fsp3) is 0.0625. The van der Waals surface area contributed by atoms with Crippen molar-refractivity contribution in [1.82, 2.24) is 9.29 Å². The summed E-state index contributed by atoms with van der Waals surface area (Å²) in [5.74, 6) is 0. The molecule has 0 unspecified atom stereocenters. The van der Waals surface area contributed by atoms with E-state index < -0.39 is 10.0 Å². The molecule has 0 aliphatic carbocycles. The summed E-state index contributed by atoms with van der Waals surface area (Å²) in [7, 11) is -1.72. The van der Waals surface area contributed by atoms with Crippen molar-refractivity contribution in [2.24, 2.45) is 7.05 Å². The van der Waals surface area contributed by atoms with Crippen LogP contribution < -0.4 is 4.72 Å². The minimum absolute atomic E-state index is 0.226. The summed E-state index contributed by atoms with van der Waals surface area (Å²) in [6, 6.07) is 35.0. The van der Waals surface area contributed by atoms with Crippen LogP contribution in [0.1, 0.15) is 27.9 Å². The van der Waals surface area contributed by atoms with E-state index in [1.807, 2.05) is 74.6 Å². The molecule has 0 saturated heterocycles. The highest BCUT2D eigenvalue weighted by Crippen LogP contribution is 2.36. The number of nitrogens with one attached hydrogen (secondary N) is 1. The second-order valence-electron chi connectivity index (χ2n) is 8.94. The van der Waals surface area contributed by atoms with Crippen molar-refractivity contribution in [2.75, 3.05) is 0 Å². The first-order valence-corrected chi connectivity index (χ1v) is 13.6. The molecule has 0 saturated carbocycles. The van der Waals surface area contributed by atoms with Gasteiger partial charge in [-0.1, -0.05) is 103 Å². The van der Waals surface area contributed by atoms with Crippen LogP contribution in [-0.2, 0) is 17.1 Å². The Kier molecular flexibility index (Phi) is 6.80. The molecule has 37 heavy (non-hydrogen) atoms.